The highest BCUT2D eigenvalue weighted by Gasteiger charge is 2.06. The first-order valence-electron chi connectivity index (χ1n) is 6.43. The van der Waals surface area contributed by atoms with Crippen molar-refractivity contribution in [1.29, 1.82) is 0 Å². The number of carbonyl (C=O) groups is 1. The van der Waals surface area contributed by atoms with E-state index in [9.17, 15) is 9.18 Å². The minimum Gasteiger partial charge on any atom is -0.494 e. The fourth-order valence-electron chi connectivity index (χ4n) is 1.77. The molecule has 0 aliphatic heterocycles. The van der Waals surface area contributed by atoms with Crippen molar-refractivity contribution in [3.63, 3.8) is 0 Å². The number of Topliss-reactive ketones (excluding diaryl/α,β-unsaturated/α-hetero) is 1. The van der Waals surface area contributed by atoms with Crippen LogP contribution in [0.3, 0.4) is 0 Å². The molecule has 2 nitrogen and oxygen atoms in total. The lowest BCUT2D eigenvalue weighted by Crippen LogP contribution is -2.04. The normalized spacial score (nSPS) is 10.4. The van der Waals surface area contributed by atoms with Gasteiger partial charge in [0.25, 0.3) is 0 Å². The lowest BCUT2D eigenvalue weighted by Gasteiger charge is -2.06. The second kappa shape index (κ2) is 7.57. The monoisotopic (exact) mass is 370 g/mol. The SMILES string of the molecule is O=C(CCCOc1ccc(F)c(Cl)c1)c1ccc(Br)cc1. The van der Waals surface area contributed by atoms with Gasteiger partial charge in [-0.25, -0.2) is 4.39 Å². The highest BCUT2D eigenvalue weighted by atomic mass is 79.9. The first-order valence-corrected chi connectivity index (χ1v) is 7.60. The first kappa shape index (κ1) is 16.0. The molecular formula is C16H13BrClFO2. The number of benzene rings is 2. The molecule has 5 heteroatoms. The number of carbonyl (C=O) groups excluding carboxylic acids is 1. The second-order valence-corrected chi connectivity index (χ2v) is 5.78. The number of ether oxygens (including phenoxy) is 1. The summed E-state index contributed by atoms with van der Waals surface area (Å²) in [6.07, 6.45) is 0.987. The van der Waals surface area contributed by atoms with E-state index in [-0.39, 0.29) is 10.8 Å². The summed E-state index contributed by atoms with van der Waals surface area (Å²) in [5, 5.41) is 0.0263. The van der Waals surface area contributed by atoms with Gasteiger partial charge in [0, 0.05) is 22.5 Å². The fraction of sp³-hybridized carbons (Fsp3) is 0.188. The molecule has 0 heterocycles. The van der Waals surface area contributed by atoms with Crippen molar-refractivity contribution < 1.29 is 13.9 Å². The summed E-state index contributed by atoms with van der Waals surface area (Å²) in [5.74, 6) is 0.0927. The Morgan fingerprint density at radius 3 is 2.57 bits per heavy atom. The van der Waals surface area contributed by atoms with Gasteiger partial charge in [0.15, 0.2) is 5.78 Å². The zero-order valence-electron chi connectivity index (χ0n) is 11.1. The number of hydrogen-bond donors (Lipinski definition) is 0. The number of hydrogen-bond acceptors (Lipinski definition) is 2. The Labute approximate surface area is 136 Å². The van der Waals surface area contributed by atoms with Crippen molar-refractivity contribution in [1.82, 2.24) is 0 Å². The molecule has 2 aromatic rings. The predicted molar refractivity (Wildman–Crippen MR) is 84.6 cm³/mol. The molecule has 0 saturated carbocycles. The predicted octanol–water partition coefficient (Wildman–Crippen LogP) is 5.28. The Morgan fingerprint density at radius 1 is 1.19 bits per heavy atom. The Morgan fingerprint density at radius 2 is 1.90 bits per heavy atom. The molecule has 0 saturated heterocycles. The number of ketones is 1. The molecule has 0 bridgehead atoms. The van der Waals surface area contributed by atoms with E-state index in [2.05, 4.69) is 15.9 Å². The van der Waals surface area contributed by atoms with Crippen LogP contribution in [0.15, 0.2) is 46.9 Å². The summed E-state index contributed by atoms with van der Waals surface area (Å²) in [4.78, 5) is 11.9. The lowest BCUT2D eigenvalue weighted by atomic mass is 10.1. The third-order valence-corrected chi connectivity index (χ3v) is 3.69. The van der Waals surface area contributed by atoms with Gasteiger partial charge in [0.1, 0.15) is 11.6 Å². The molecule has 110 valence electrons. The third-order valence-electron chi connectivity index (χ3n) is 2.87. The Bertz CT molecular complexity index is 629. The molecule has 0 N–H and O–H groups in total. The van der Waals surface area contributed by atoms with Crippen molar-refractivity contribution in [3.05, 3.63) is 63.3 Å². The smallest absolute Gasteiger partial charge is 0.163 e. The van der Waals surface area contributed by atoms with Crippen LogP contribution in [0.25, 0.3) is 0 Å². The van der Waals surface area contributed by atoms with E-state index < -0.39 is 5.82 Å². The van der Waals surface area contributed by atoms with Crippen LogP contribution in [0.2, 0.25) is 5.02 Å². The molecule has 0 aliphatic carbocycles. The summed E-state index contributed by atoms with van der Waals surface area (Å²) in [6, 6.07) is 11.4. The second-order valence-electron chi connectivity index (χ2n) is 4.46. The fourth-order valence-corrected chi connectivity index (χ4v) is 2.20. The van der Waals surface area contributed by atoms with E-state index in [0.29, 0.717) is 30.8 Å². The van der Waals surface area contributed by atoms with Gasteiger partial charge in [-0.3, -0.25) is 4.79 Å². The maximum Gasteiger partial charge on any atom is 0.163 e. The van der Waals surface area contributed by atoms with Gasteiger partial charge in [-0.15, -0.1) is 0 Å². The van der Waals surface area contributed by atoms with Gasteiger partial charge < -0.3 is 4.74 Å². The largest absolute Gasteiger partial charge is 0.494 e. The van der Waals surface area contributed by atoms with Gasteiger partial charge in [-0.2, -0.15) is 0 Å². The minimum absolute atomic E-state index is 0.0263. The van der Waals surface area contributed by atoms with Gasteiger partial charge in [0.2, 0.25) is 0 Å². The molecule has 0 radical (unpaired) electrons. The third kappa shape index (κ3) is 4.83. The minimum atomic E-state index is -0.477. The summed E-state index contributed by atoms with van der Waals surface area (Å²) in [5.41, 5.74) is 0.683. The highest BCUT2D eigenvalue weighted by molar-refractivity contribution is 9.10. The molecule has 0 spiro atoms. The molecular weight excluding hydrogens is 359 g/mol. The van der Waals surface area contributed by atoms with Crippen molar-refractivity contribution in [2.24, 2.45) is 0 Å². The standard InChI is InChI=1S/C16H13BrClFO2/c17-12-5-3-11(4-6-12)16(20)2-1-9-21-13-7-8-15(19)14(18)10-13/h3-8,10H,1-2,9H2. The summed E-state index contributed by atoms with van der Waals surface area (Å²) in [7, 11) is 0. The lowest BCUT2D eigenvalue weighted by molar-refractivity contribution is 0.0973. The number of rotatable bonds is 6. The van der Waals surface area contributed by atoms with E-state index in [1.807, 2.05) is 12.1 Å². The zero-order valence-corrected chi connectivity index (χ0v) is 13.5. The molecule has 2 aromatic carbocycles. The summed E-state index contributed by atoms with van der Waals surface area (Å²) in [6.45, 7) is 0.379. The quantitative estimate of drug-likeness (QED) is 0.510. The van der Waals surface area contributed by atoms with Crippen LogP contribution in [0.1, 0.15) is 23.2 Å². The zero-order chi connectivity index (χ0) is 15.2. The Hall–Kier alpha value is -1.39. The van der Waals surface area contributed by atoms with Crippen LogP contribution < -0.4 is 4.74 Å². The van der Waals surface area contributed by atoms with Crippen molar-refractivity contribution in [2.75, 3.05) is 6.61 Å². The maximum absolute atomic E-state index is 13.0. The van der Waals surface area contributed by atoms with E-state index in [0.717, 1.165) is 4.47 Å². The van der Waals surface area contributed by atoms with Crippen LogP contribution >= 0.6 is 27.5 Å². The molecule has 0 fully saturated rings. The average molecular weight is 372 g/mol. The van der Waals surface area contributed by atoms with Crippen LogP contribution in [-0.4, -0.2) is 12.4 Å². The molecule has 21 heavy (non-hydrogen) atoms. The topological polar surface area (TPSA) is 26.3 Å². The van der Waals surface area contributed by atoms with E-state index in [1.54, 1.807) is 12.1 Å². The van der Waals surface area contributed by atoms with Crippen LogP contribution in [0, 0.1) is 5.82 Å². The molecule has 0 atom stereocenters. The molecule has 0 aromatic heterocycles. The van der Waals surface area contributed by atoms with E-state index >= 15 is 0 Å². The van der Waals surface area contributed by atoms with Crippen molar-refractivity contribution >= 4 is 33.3 Å². The van der Waals surface area contributed by atoms with Gasteiger partial charge in [-0.1, -0.05) is 39.7 Å². The molecule has 0 amide bonds. The summed E-state index contributed by atoms with van der Waals surface area (Å²) >= 11 is 8.98. The highest BCUT2D eigenvalue weighted by Crippen LogP contribution is 2.21. The van der Waals surface area contributed by atoms with Gasteiger partial charge >= 0.3 is 0 Å². The van der Waals surface area contributed by atoms with Crippen molar-refractivity contribution in [3.8, 4) is 5.75 Å². The maximum atomic E-state index is 13.0. The Balaban J connectivity index is 1.77. The average Bonchev–Trinajstić information content (AvgIpc) is 2.47. The van der Waals surface area contributed by atoms with Crippen LogP contribution in [0.5, 0.6) is 5.75 Å². The van der Waals surface area contributed by atoms with Crippen molar-refractivity contribution in [2.45, 2.75) is 12.8 Å². The first-order chi connectivity index (χ1) is 10.1. The van der Waals surface area contributed by atoms with Gasteiger partial charge in [0.05, 0.1) is 11.6 Å². The van der Waals surface area contributed by atoms with Gasteiger partial charge in [-0.05, 0) is 30.7 Å². The summed E-state index contributed by atoms with van der Waals surface area (Å²) < 4.78 is 19.4. The Kier molecular flexibility index (Phi) is 5.76. The molecule has 2 rings (SSSR count). The van der Waals surface area contributed by atoms with E-state index in [1.165, 1.54) is 18.2 Å². The molecule has 0 unspecified atom stereocenters. The molecule has 0 aliphatic rings. The van der Waals surface area contributed by atoms with E-state index in [4.69, 9.17) is 16.3 Å². The van der Waals surface area contributed by atoms with Crippen LogP contribution in [-0.2, 0) is 0 Å². The number of halogens is 3. The van der Waals surface area contributed by atoms with Crippen LogP contribution in [0.4, 0.5) is 4.39 Å².